The molecule has 1 aliphatic heterocycles. The quantitative estimate of drug-likeness (QED) is 0.780. The van der Waals surface area contributed by atoms with Gasteiger partial charge in [-0.1, -0.05) is 0 Å². The molecule has 0 radical (unpaired) electrons. The minimum Gasteiger partial charge on any atom is -0.464 e. The molecule has 1 aromatic rings. The Hall–Kier alpha value is -1.36. The van der Waals surface area contributed by atoms with Crippen LogP contribution in [0.2, 0.25) is 0 Å². The first-order valence-electron chi connectivity index (χ1n) is 7.01. The van der Waals surface area contributed by atoms with Gasteiger partial charge in [0.15, 0.2) is 0 Å². The molecule has 0 unspecified atom stereocenters. The smallest absolute Gasteiger partial charge is 0.356 e. The SMILES string of the molecule is COC(=O)c1cc(C2CC2)nn1CC1CCOCC1. The summed E-state index contributed by atoms with van der Waals surface area (Å²) in [4.78, 5) is 11.8. The number of rotatable bonds is 4. The molecule has 2 aliphatic rings. The summed E-state index contributed by atoms with van der Waals surface area (Å²) >= 11 is 0. The zero-order valence-electron chi connectivity index (χ0n) is 11.3. The summed E-state index contributed by atoms with van der Waals surface area (Å²) in [6, 6.07) is 1.91. The van der Waals surface area contributed by atoms with Gasteiger partial charge in [0.1, 0.15) is 5.69 Å². The van der Waals surface area contributed by atoms with Gasteiger partial charge in [0.25, 0.3) is 0 Å². The molecule has 3 rings (SSSR count). The fourth-order valence-electron chi connectivity index (χ4n) is 2.60. The fourth-order valence-corrected chi connectivity index (χ4v) is 2.60. The first-order valence-corrected chi connectivity index (χ1v) is 7.01. The molecule has 1 aliphatic carbocycles. The third-order valence-electron chi connectivity index (χ3n) is 3.96. The summed E-state index contributed by atoms with van der Waals surface area (Å²) in [5, 5.41) is 4.61. The number of nitrogens with zero attached hydrogens (tertiary/aromatic N) is 2. The van der Waals surface area contributed by atoms with Crippen LogP contribution in [0.1, 0.15) is 47.8 Å². The van der Waals surface area contributed by atoms with E-state index in [1.54, 1.807) is 0 Å². The van der Waals surface area contributed by atoms with Crippen molar-refractivity contribution in [3.05, 3.63) is 17.5 Å². The van der Waals surface area contributed by atoms with Crippen molar-refractivity contribution >= 4 is 5.97 Å². The van der Waals surface area contributed by atoms with Gasteiger partial charge in [0.05, 0.1) is 12.8 Å². The zero-order valence-corrected chi connectivity index (χ0v) is 11.3. The van der Waals surface area contributed by atoms with Crippen molar-refractivity contribution < 1.29 is 14.3 Å². The first-order chi connectivity index (χ1) is 9.28. The van der Waals surface area contributed by atoms with Crippen molar-refractivity contribution in [3.63, 3.8) is 0 Å². The summed E-state index contributed by atoms with van der Waals surface area (Å²) in [6.45, 7) is 2.42. The summed E-state index contributed by atoms with van der Waals surface area (Å²) in [5.41, 5.74) is 1.64. The van der Waals surface area contributed by atoms with Gasteiger partial charge in [0.2, 0.25) is 0 Å². The number of carbonyl (C=O) groups is 1. The molecule has 0 aromatic carbocycles. The van der Waals surface area contributed by atoms with Gasteiger partial charge < -0.3 is 9.47 Å². The van der Waals surface area contributed by atoms with E-state index in [0.717, 1.165) is 38.3 Å². The van der Waals surface area contributed by atoms with Crippen molar-refractivity contribution in [2.75, 3.05) is 20.3 Å². The Morgan fingerprint density at radius 2 is 2.16 bits per heavy atom. The minimum absolute atomic E-state index is 0.286. The number of methoxy groups -OCH3 is 1. The molecule has 0 N–H and O–H groups in total. The van der Waals surface area contributed by atoms with Crippen LogP contribution >= 0.6 is 0 Å². The normalized spacial score (nSPS) is 20.5. The van der Waals surface area contributed by atoms with Crippen molar-refractivity contribution in [1.82, 2.24) is 9.78 Å². The summed E-state index contributed by atoms with van der Waals surface area (Å²) < 4.78 is 12.1. The Balaban J connectivity index is 1.78. The van der Waals surface area contributed by atoms with E-state index in [2.05, 4.69) is 5.10 Å². The van der Waals surface area contributed by atoms with Gasteiger partial charge in [-0.3, -0.25) is 4.68 Å². The number of aromatic nitrogens is 2. The lowest BCUT2D eigenvalue weighted by Crippen LogP contribution is -2.23. The number of hydrogen-bond donors (Lipinski definition) is 0. The maximum absolute atomic E-state index is 11.8. The van der Waals surface area contributed by atoms with E-state index in [1.807, 2.05) is 10.7 Å². The highest BCUT2D eigenvalue weighted by atomic mass is 16.5. The average molecular weight is 264 g/mol. The van der Waals surface area contributed by atoms with Crippen LogP contribution in [0.5, 0.6) is 0 Å². The molecule has 1 saturated heterocycles. The van der Waals surface area contributed by atoms with E-state index < -0.39 is 0 Å². The Kier molecular flexibility index (Phi) is 3.55. The Morgan fingerprint density at radius 1 is 1.42 bits per heavy atom. The second kappa shape index (κ2) is 5.33. The summed E-state index contributed by atoms with van der Waals surface area (Å²) in [7, 11) is 1.42. The van der Waals surface area contributed by atoms with Crippen LogP contribution in [-0.2, 0) is 16.0 Å². The van der Waals surface area contributed by atoms with Gasteiger partial charge in [0, 0.05) is 25.7 Å². The van der Waals surface area contributed by atoms with Crippen molar-refractivity contribution in [2.45, 2.75) is 38.1 Å². The fraction of sp³-hybridized carbons (Fsp3) is 0.714. The Morgan fingerprint density at radius 3 is 2.79 bits per heavy atom. The highest BCUT2D eigenvalue weighted by molar-refractivity contribution is 5.87. The van der Waals surface area contributed by atoms with Crippen molar-refractivity contribution in [1.29, 1.82) is 0 Å². The molecule has 19 heavy (non-hydrogen) atoms. The maximum atomic E-state index is 11.8. The van der Waals surface area contributed by atoms with Gasteiger partial charge in [-0.2, -0.15) is 5.10 Å². The van der Waals surface area contributed by atoms with Crippen molar-refractivity contribution in [3.8, 4) is 0 Å². The minimum atomic E-state index is -0.286. The number of carbonyl (C=O) groups excluding carboxylic acids is 1. The topological polar surface area (TPSA) is 53.3 Å². The number of esters is 1. The lowest BCUT2D eigenvalue weighted by molar-refractivity contribution is 0.0545. The van der Waals surface area contributed by atoms with Gasteiger partial charge in [-0.05, 0) is 37.7 Å². The van der Waals surface area contributed by atoms with Crippen LogP contribution in [0.15, 0.2) is 6.07 Å². The van der Waals surface area contributed by atoms with E-state index in [4.69, 9.17) is 9.47 Å². The van der Waals surface area contributed by atoms with Crippen LogP contribution in [0.3, 0.4) is 0 Å². The standard InChI is InChI=1S/C14H20N2O3/c1-18-14(17)13-8-12(11-2-3-11)15-16(13)9-10-4-6-19-7-5-10/h8,10-11H,2-7,9H2,1H3. The third-order valence-corrected chi connectivity index (χ3v) is 3.96. The highest BCUT2D eigenvalue weighted by Crippen LogP contribution is 2.39. The summed E-state index contributed by atoms with van der Waals surface area (Å²) in [5.74, 6) is 0.815. The molecule has 5 nitrogen and oxygen atoms in total. The van der Waals surface area contributed by atoms with Crippen molar-refractivity contribution in [2.24, 2.45) is 5.92 Å². The van der Waals surface area contributed by atoms with E-state index in [0.29, 0.717) is 17.5 Å². The van der Waals surface area contributed by atoms with Gasteiger partial charge in [-0.25, -0.2) is 4.79 Å². The van der Waals surface area contributed by atoms with E-state index in [9.17, 15) is 4.79 Å². The highest BCUT2D eigenvalue weighted by Gasteiger charge is 2.29. The molecule has 1 saturated carbocycles. The van der Waals surface area contributed by atoms with E-state index >= 15 is 0 Å². The largest absolute Gasteiger partial charge is 0.464 e. The lowest BCUT2D eigenvalue weighted by Gasteiger charge is -2.22. The van der Waals surface area contributed by atoms with Gasteiger partial charge >= 0.3 is 5.97 Å². The maximum Gasteiger partial charge on any atom is 0.356 e. The molecule has 104 valence electrons. The molecule has 0 amide bonds. The molecular weight excluding hydrogens is 244 g/mol. The third kappa shape index (κ3) is 2.81. The van der Waals surface area contributed by atoms with Crippen LogP contribution in [-0.4, -0.2) is 36.1 Å². The predicted molar refractivity (Wildman–Crippen MR) is 69.1 cm³/mol. The zero-order chi connectivity index (χ0) is 13.2. The van der Waals surface area contributed by atoms with Crippen LogP contribution < -0.4 is 0 Å². The number of hydrogen-bond acceptors (Lipinski definition) is 4. The van der Waals surface area contributed by atoms with Crippen LogP contribution in [0.4, 0.5) is 0 Å². The molecular formula is C14H20N2O3. The molecule has 2 heterocycles. The first kappa shape index (κ1) is 12.7. The lowest BCUT2D eigenvalue weighted by atomic mass is 10.0. The van der Waals surface area contributed by atoms with Crippen LogP contribution in [0, 0.1) is 5.92 Å². The van der Waals surface area contributed by atoms with E-state index in [1.165, 1.54) is 20.0 Å². The van der Waals surface area contributed by atoms with Gasteiger partial charge in [-0.15, -0.1) is 0 Å². The second-order valence-electron chi connectivity index (χ2n) is 5.46. The Bertz CT molecular complexity index is 459. The molecule has 0 bridgehead atoms. The monoisotopic (exact) mass is 264 g/mol. The molecule has 0 spiro atoms. The Labute approximate surface area is 112 Å². The van der Waals surface area contributed by atoms with Crippen LogP contribution in [0.25, 0.3) is 0 Å². The average Bonchev–Trinajstić information content (AvgIpc) is 3.21. The molecule has 0 atom stereocenters. The summed E-state index contributed by atoms with van der Waals surface area (Å²) in [6.07, 6.45) is 4.46. The van der Waals surface area contributed by atoms with E-state index in [-0.39, 0.29) is 5.97 Å². The molecule has 2 fully saturated rings. The second-order valence-corrected chi connectivity index (χ2v) is 5.46. The molecule has 5 heteroatoms. The predicted octanol–water partition coefficient (Wildman–Crippen LogP) is 1.97. The number of ether oxygens (including phenoxy) is 2. The molecule has 1 aromatic heterocycles.